The first-order valence-corrected chi connectivity index (χ1v) is 12.4. The molecular formula is C29H38O6. The Bertz CT molecular complexity index is 1010. The van der Waals surface area contributed by atoms with Crippen LogP contribution in [0, 0.1) is 28.6 Å². The van der Waals surface area contributed by atoms with Gasteiger partial charge in [0.15, 0.2) is 0 Å². The van der Waals surface area contributed by atoms with Gasteiger partial charge in [-0.25, -0.2) is 4.79 Å². The van der Waals surface area contributed by atoms with E-state index in [0.29, 0.717) is 30.4 Å². The van der Waals surface area contributed by atoms with Crippen LogP contribution in [0.4, 0.5) is 0 Å². The van der Waals surface area contributed by atoms with Gasteiger partial charge in [0, 0.05) is 5.92 Å². The molecule has 35 heavy (non-hydrogen) atoms. The number of fused-ring (bicyclic) bond motifs is 1. The van der Waals surface area contributed by atoms with Gasteiger partial charge in [0.05, 0.1) is 23.5 Å². The fraction of sp³-hybridized carbons (Fsp3) is 0.552. The Labute approximate surface area is 208 Å². The van der Waals surface area contributed by atoms with Crippen LogP contribution >= 0.6 is 0 Å². The number of hydrogen-bond acceptors (Lipinski definition) is 5. The summed E-state index contributed by atoms with van der Waals surface area (Å²) in [4.78, 5) is 38.9. The smallest absolute Gasteiger partial charge is 0.338 e. The van der Waals surface area contributed by atoms with Gasteiger partial charge in [0.25, 0.3) is 0 Å². The highest BCUT2D eigenvalue weighted by Gasteiger charge is 2.65. The minimum atomic E-state index is -1.16. The van der Waals surface area contributed by atoms with Crippen molar-refractivity contribution in [2.75, 3.05) is 6.61 Å². The Morgan fingerprint density at radius 3 is 2.37 bits per heavy atom. The Balaban J connectivity index is 2.12. The van der Waals surface area contributed by atoms with Gasteiger partial charge in [-0.2, -0.15) is 0 Å². The third kappa shape index (κ3) is 4.99. The molecule has 6 atom stereocenters. The van der Waals surface area contributed by atoms with Gasteiger partial charge in [0.2, 0.25) is 0 Å². The number of ether oxygens (including phenoxy) is 1. The summed E-state index contributed by atoms with van der Waals surface area (Å²) in [6.07, 6.45) is 4.19. The van der Waals surface area contributed by atoms with Crippen molar-refractivity contribution in [3.8, 4) is 0 Å². The standard InChI is InChI=1S/C29H38O6/c1-18(14-17-30)12-13-22-19(2)23(20(3)31)24(35-26(32)21-10-7-6-8-11-21)25-28(22,4)15-9-16-29(25,5)27(33)34/h6-8,10-11,14,22-25,30H,2,9,12-13,15-17H2,1,3-5H3,(H,33,34)/b18-14+/t22-,23-,24-,25?,28-,29+/m1/s1. The van der Waals surface area contributed by atoms with Gasteiger partial charge in [-0.15, -0.1) is 0 Å². The quantitative estimate of drug-likeness (QED) is 0.389. The molecule has 0 aliphatic heterocycles. The number of carbonyl (C=O) groups is 3. The number of ketones is 1. The molecule has 190 valence electrons. The normalized spacial score (nSPS) is 33.1. The number of aliphatic carboxylic acids is 1. The summed E-state index contributed by atoms with van der Waals surface area (Å²) in [7, 11) is 0. The highest BCUT2D eigenvalue weighted by Crippen LogP contribution is 2.64. The van der Waals surface area contributed by atoms with Crippen LogP contribution in [0.5, 0.6) is 0 Å². The summed E-state index contributed by atoms with van der Waals surface area (Å²) < 4.78 is 6.09. The van der Waals surface area contributed by atoms with Crippen molar-refractivity contribution in [3.63, 3.8) is 0 Å². The summed E-state index contributed by atoms with van der Waals surface area (Å²) in [5.41, 5.74) is 0.442. The molecule has 1 unspecified atom stereocenters. The van der Waals surface area contributed by atoms with E-state index in [1.54, 1.807) is 43.3 Å². The summed E-state index contributed by atoms with van der Waals surface area (Å²) in [6, 6.07) is 8.58. The summed E-state index contributed by atoms with van der Waals surface area (Å²) >= 11 is 0. The third-order valence-corrected chi connectivity index (χ3v) is 8.55. The molecule has 3 rings (SSSR count). The molecule has 0 bridgehead atoms. The van der Waals surface area contributed by atoms with Gasteiger partial charge >= 0.3 is 11.9 Å². The number of hydrogen-bond donors (Lipinski definition) is 2. The van der Waals surface area contributed by atoms with Gasteiger partial charge in [-0.3, -0.25) is 9.59 Å². The number of carbonyl (C=O) groups excluding carboxylic acids is 2. The second-order valence-corrected chi connectivity index (χ2v) is 10.8. The van der Waals surface area contributed by atoms with E-state index in [1.165, 1.54) is 6.92 Å². The van der Waals surface area contributed by atoms with Crippen molar-refractivity contribution in [1.82, 2.24) is 0 Å². The molecule has 0 radical (unpaired) electrons. The lowest BCUT2D eigenvalue weighted by Gasteiger charge is -2.61. The predicted octanol–water partition coefficient (Wildman–Crippen LogP) is 5.22. The summed E-state index contributed by atoms with van der Waals surface area (Å²) in [5.74, 6) is -3.11. The molecule has 0 amide bonds. The Morgan fingerprint density at radius 2 is 1.80 bits per heavy atom. The number of Topliss-reactive ketones (excluding diaryl/α,β-unsaturated/α-hetero) is 1. The van der Waals surface area contributed by atoms with Crippen molar-refractivity contribution in [3.05, 3.63) is 59.7 Å². The minimum absolute atomic E-state index is 0.0397. The zero-order valence-electron chi connectivity index (χ0n) is 21.3. The van der Waals surface area contributed by atoms with Crippen LogP contribution in [0.2, 0.25) is 0 Å². The van der Waals surface area contributed by atoms with Crippen molar-refractivity contribution in [2.24, 2.45) is 28.6 Å². The van der Waals surface area contributed by atoms with Gasteiger partial charge in [-0.05, 0) is 69.9 Å². The van der Waals surface area contributed by atoms with E-state index in [1.807, 2.05) is 6.92 Å². The van der Waals surface area contributed by atoms with Crippen LogP contribution in [0.15, 0.2) is 54.1 Å². The van der Waals surface area contributed by atoms with Crippen LogP contribution in [0.1, 0.15) is 70.2 Å². The number of aliphatic hydroxyl groups excluding tert-OH is 1. The maximum absolute atomic E-state index is 13.2. The number of carboxylic acid groups (broad SMARTS) is 1. The fourth-order valence-corrected chi connectivity index (χ4v) is 6.83. The second-order valence-electron chi connectivity index (χ2n) is 10.8. The van der Waals surface area contributed by atoms with Crippen LogP contribution in [0.25, 0.3) is 0 Å². The molecule has 0 saturated heterocycles. The highest BCUT2D eigenvalue weighted by atomic mass is 16.5. The van der Waals surface area contributed by atoms with E-state index < -0.39 is 40.7 Å². The van der Waals surface area contributed by atoms with Crippen LogP contribution in [0.3, 0.4) is 0 Å². The number of benzene rings is 1. The Kier molecular flexibility index (Phi) is 8.05. The molecule has 1 aromatic rings. The Morgan fingerprint density at radius 1 is 1.14 bits per heavy atom. The molecule has 0 aromatic heterocycles. The Hall–Kier alpha value is -2.73. The summed E-state index contributed by atoms with van der Waals surface area (Å²) in [5, 5.41) is 19.7. The molecule has 2 aliphatic carbocycles. The molecular weight excluding hydrogens is 444 g/mol. The number of carboxylic acids is 1. The first-order valence-electron chi connectivity index (χ1n) is 12.4. The van der Waals surface area contributed by atoms with E-state index in [4.69, 9.17) is 4.74 Å². The maximum atomic E-state index is 13.2. The van der Waals surface area contributed by atoms with E-state index in [2.05, 4.69) is 13.5 Å². The van der Waals surface area contributed by atoms with Crippen LogP contribution in [-0.4, -0.2) is 40.6 Å². The predicted molar refractivity (Wildman–Crippen MR) is 134 cm³/mol. The molecule has 0 heterocycles. The first-order chi connectivity index (χ1) is 16.5. The molecule has 1 aromatic carbocycles. The summed E-state index contributed by atoms with van der Waals surface area (Å²) in [6.45, 7) is 11.6. The van der Waals surface area contributed by atoms with E-state index in [0.717, 1.165) is 18.4 Å². The zero-order chi connectivity index (χ0) is 26.0. The molecule has 2 N–H and O–H groups in total. The average molecular weight is 483 g/mol. The van der Waals surface area contributed by atoms with Crippen LogP contribution < -0.4 is 0 Å². The van der Waals surface area contributed by atoms with Gasteiger partial charge < -0.3 is 14.9 Å². The topological polar surface area (TPSA) is 101 Å². The number of esters is 1. The maximum Gasteiger partial charge on any atom is 0.338 e. The van der Waals surface area contributed by atoms with Crippen molar-refractivity contribution < 1.29 is 29.3 Å². The highest BCUT2D eigenvalue weighted by molar-refractivity contribution is 5.90. The largest absolute Gasteiger partial charge is 0.481 e. The lowest BCUT2D eigenvalue weighted by Crippen LogP contribution is -2.63. The first kappa shape index (κ1) is 26.9. The van der Waals surface area contributed by atoms with Crippen molar-refractivity contribution >= 4 is 17.7 Å². The monoisotopic (exact) mass is 482 g/mol. The van der Waals surface area contributed by atoms with E-state index in [-0.39, 0.29) is 18.3 Å². The van der Waals surface area contributed by atoms with Crippen molar-refractivity contribution in [1.29, 1.82) is 0 Å². The molecule has 2 saturated carbocycles. The minimum Gasteiger partial charge on any atom is -0.481 e. The number of allylic oxidation sites excluding steroid dienone is 1. The lowest BCUT2D eigenvalue weighted by molar-refractivity contribution is -0.185. The average Bonchev–Trinajstić information content (AvgIpc) is 2.78. The molecule has 6 nitrogen and oxygen atoms in total. The lowest BCUT2D eigenvalue weighted by atomic mass is 9.43. The SMILES string of the molecule is C=C1[C@H](C(C)=O)[C@@H](OC(=O)c2ccccc2)C2[C@](C)(CCC[C@]2(C)C(=O)O)[C@@H]1CC/C(C)=C/CO. The van der Waals surface area contributed by atoms with E-state index in [9.17, 15) is 24.6 Å². The number of aliphatic hydroxyl groups is 1. The van der Waals surface area contributed by atoms with Crippen molar-refractivity contribution in [2.45, 2.75) is 65.9 Å². The van der Waals surface area contributed by atoms with E-state index >= 15 is 0 Å². The van der Waals surface area contributed by atoms with Gasteiger partial charge in [0.1, 0.15) is 11.9 Å². The molecule has 2 aliphatic rings. The fourth-order valence-electron chi connectivity index (χ4n) is 6.83. The third-order valence-electron chi connectivity index (χ3n) is 8.55. The molecule has 6 heteroatoms. The second kappa shape index (κ2) is 10.5. The van der Waals surface area contributed by atoms with Gasteiger partial charge in [-0.1, -0.05) is 55.3 Å². The zero-order valence-corrected chi connectivity index (χ0v) is 21.3. The molecule has 2 fully saturated rings. The number of rotatable bonds is 8. The molecule has 0 spiro atoms. The van der Waals surface area contributed by atoms with Crippen LogP contribution in [-0.2, 0) is 14.3 Å².